The van der Waals surface area contributed by atoms with Crippen molar-refractivity contribution in [2.45, 2.75) is 0 Å². The van der Waals surface area contributed by atoms with Crippen LogP contribution in [-0.4, -0.2) is 0 Å². The molecule has 0 aliphatic heterocycles. The molecule has 0 amide bonds. The van der Waals surface area contributed by atoms with E-state index >= 15 is 0 Å². The normalized spacial score (nSPS) is 11.9. The molecule has 17 aromatic carbocycles. The second kappa shape index (κ2) is 18.5. The predicted molar refractivity (Wildman–Crippen MR) is 354 cm³/mol. The van der Waals surface area contributed by atoms with Crippen molar-refractivity contribution in [3.8, 4) is 66.8 Å². The first kappa shape index (κ1) is 46.3. The van der Waals surface area contributed by atoms with Crippen molar-refractivity contribution in [3.63, 3.8) is 0 Å². The Morgan fingerprint density at radius 1 is 0.110 bits per heavy atom. The van der Waals surface area contributed by atoms with Crippen molar-refractivity contribution in [3.05, 3.63) is 303 Å². The van der Waals surface area contributed by atoms with Crippen LogP contribution in [0.2, 0.25) is 0 Å². The second-order valence-electron chi connectivity index (χ2n) is 22.2. The predicted octanol–water partition coefficient (Wildman–Crippen LogP) is 23.2. The molecule has 0 bridgehead atoms. The Bertz CT molecular complexity index is 4630. The summed E-state index contributed by atoms with van der Waals surface area (Å²) in [6.07, 6.45) is 0. The Balaban J connectivity index is 1.00. The van der Waals surface area contributed by atoms with E-state index in [9.17, 15) is 0 Å². The summed E-state index contributed by atoms with van der Waals surface area (Å²) >= 11 is 0. The molecular formula is C82H50. The average molecular weight is 1040 g/mol. The summed E-state index contributed by atoms with van der Waals surface area (Å²) in [5.41, 5.74) is 14.6. The SMILES string of the molecule is c1ccc2c(-c3cc(-c4c5ccccc5cc5ccccc45)cc(-c4c5ccccc5c(-c5cc(-c6c7ccccc7cc7ccccc67)cc(-c6c7ccccc7cc7ccccc67)c5)c5ccccc45)c3)c3ccccc3cc2c1. The van der Waals surface area contributed by atoms with Crippen LogP contribution in [0.4, 0.5) is 0 Å². The standard InChI is InChI=1S/C82H50/c1-9-29-65-51(21-1)41-52-22-2-10-30-66(52)77(65)59-45-60(78-67-31-11-3-23-53(67)42-54-24-4-12-32-68(54)78)48-63(47-59)81-73-37-17-19-39-75(73)82(76-40-20-18-38-74(76)81)64-49-61(79-69-33-13-5-25-55(69)43-56-26-6-14-34-70(56)79)46-62(50-64)80-71-35-15-7-27-57(71)44-58-28-8-16-36-72(58)80/h1-50H. The zero-order valence-corrected chi connectivity index (χ0v) is 44.9. The van der Waals surface area contributed by atoms with Crippen LogP contribution in [0.15, 0.2) is 303 Å². The third-order valence-electron chi connectivity index (χ3n) is 17.6. The molecule has 378 valence electrons. The lowest BCUT2D eigenvalue weighted by molar-refractivity contribution is 1.62. The quantitative estimate of drug-likeness (QED) is 0.146. The topological polar surface area (TPSA) is 0 Å². The Morgan fingerprint density at radius 3 is 0.390 bits per heavy atom. The lowest BCUT2D eigenvalue weighted by atomic mass is 9.81. The van der Waals surface area contributed by atoms with Crippen LogP contribution in [0.5, 0.6) is 0 Å². The van der Waals surface area contributed by atoms with Gasteiger partial charge in [0.1, 0.15) is 0 Å². The molecular weight excluding hydrogens is 985 g/mol. The third kappa shape index (κ3) is 7.25. The molecule has 0 nitrogen and oxygen atoms in total. The zero-order valence-electron chi connectivity index (χ0n) is 44.9. The minimum atomic E-state index is 1.18. The maximum Gasteiger partial charge on any atom is -0.00259 e. The highest BCUT2D eigenvalue weighted by Crippen LogP contribution is 2.51. The smallest absolute Gasteiger partial charge is 0.00259 e. The Kier molecular flexibility index (Phi) is 10.4. The number of hydrogen-bond acceptors (Lipinski definition) is 0. The van der Waals surface area contributed by atoms with Gasteiger partial charge in [0, 0.05) is 0 Å². The fraction of sp³-hybridized carbons (Fsp3) is 0. The fourth-order valence-electron chi connectivity index (χ4n) is 14.2. The maximum absolute atomic E-state index is 2.49. The van der Waals surface area contributed by atoms with Gasteiger partial charge in [-0.15, -0.1) is 0 Å². The van der Waals surface area contributed by atoms with E-state index in [1.165, 1.54) is 174 Å². The second-order valence-corrected chi connectivity index (χ2v) is 22.2. The van der Waals surface area contributed by atoms with Crippen molar-refractivity contribution in [2.24, 2.45) is 0 Å². The van der Waals surface area contributed by atoms with Crippen LogP contribution in [0.25, 0.3) is 174 Å². The zero-order chi connectivity index (χ0) is 53.8. The lowest BCUT2D eigenvalue weighted by Gasteiger charge is -2.22. The van der Waals surface area contributed by atoms with E-state index in [0.717, 1.165) is 0 Å². The largest absolute Gasteiger partial charge is 0.0616 e. The lowest BCUT2D eigenvalue weighted by Crippen LogP contribution is -1.95. The molecule has 0 heteroatoms. The van der Waals surface area contributed by atoms with Gasteiger partial charge in [-0.3, -0.25) is 0 Å². The fourth-order valence-corrected chi connectivity index (χ4v) is 14.2. The first-order valence-corrected chi connectivity index (χ1v) is 28.5. The minimum Gasteiger partial charge on any atom is -0.0616 e. The van der Waals surface area contributed by atoms with E-state index in [2.05, 4.69) is 303 Å². The first-order valence-electron chi connectivity index (χ1n) is 28.5. The molecule has 0 radical (unpaired) electrons. The monoisotopic (exact) mass is 1030 g/mol. The minimum absolute atomic E-state index is 1.18. The highest BCUT2D eigenvalue weighted by Gasteiger charge is 2.23. The van der Waals surface area contributed by atoms with Crippen molar-refractivity contribution in [1.29, 1.82) is 0 Å². The Labute approximate surface area is 475 Å². The summed E-state index contributed by atoms with van der Waals surface area (Å²) in [4.78, 5) is 0. The number of benzene rings is 17. The highest BCUT2D eigenvalue weighted by molar-refractivity contribution is 6.25. The molecule has 0 aromatic heterocycles. The van der Waals surface area contributed by atoms with Crippen molar-refractivity contribution in [1.82, 2.24) is 0 Å². The summed E-state index contributed by atoms with van der Waals surface area (Å²) in [6.45, 7) is 0. The molecule has 0 saturated carbocycles. The van der Waals surface area contributed by atoms with Crippen LogP contribution in [0, 0.1) is 0 Å². The molecule has 17 rings (SSSR count). The van der Waals surface area contributed by atoms with Crippen molar-refractivity contribution in [2.75, 3.05) is 0 Å². The molecule has 0 saturated heterocycles. The number of fused-ring (bicyclic) bond motifs is 10. The molecule has 0 unspecified atom stereocenters. The number of hydrogen-bond donors (Lipinski definition) is 0. The van der Waals surface area contributed by atoms with Crippen LogP contribution < -0.4 is 0 Å². The Hall–Kier alpha value is -10.7. The molecule has 17 aromatic rings. The van der Waals surface area contributed by atoms with E-state index in [1.807, 2.05) is 0 Å². The summed E-state index contributed by atoms with van der Waals surface area (Å²) in [6, 6.07) is 114. The van der Waals surface area contributed by atoms with Crippen LogP contribution >= 0.6 is 0 Å². The molecule has 0 spiro atoms. The van der Waals surface area contributed by atoms with E-state index in [4.69, 9.17) is 0 Å². The Morgan fingerprint density at radius 2 is 0.232 bits per heavy atom. The van der Waals surface area contributed by atoms with Crippen LogP contribution in [0.3, 0.4) is 0 Å². The van der Waals surface area contributed by atoms with Gasteiger partial charge >= 0.3 is 0 Å². The molecule has 0 N–H and O–H groups in total. The molecule has 0 heterocycles. The molecule has 0 atom stereocenters. The average Bonchev–Trinajstić information content (AvgIpc) is 3.68. The summed E-state index contributed by atoms with van der Waals surface area (Å²) < 4.78 is 0. The van der Waals surface area contributed by atoms with Gasteiger partial charge in [0.15, 0.2) is 0 Å². The van der Waals surface area contributed by atoms with Crippen LogP contribution in [0.1, 0.15) is 0 Å². The third-order valence-corrected chi connectivity index (χ3v) is 17.6. The highest BCUT2D eigenvalue weighted by atomic mass is 14.3. The van der Waals surface area contributed by atoms with Gasteiger partial charge in [0.25, 0.3) is 0 Å². The van der Waals surface area contributed by atoms with Gasteiger partial charge in [-0.2, -0.15) is 0 Å². The van der Waals surface area contributed by atoms with Gasteiger partial charge in [0.05, 0.1) is 0 Å². The van der Waals surface area contributed by atoms with E-state index < -0.39 is 0 Å². The molecule has 0 aliphatic rings. The van der Waals surface area contributed by atoms with Gasteiger partial charge in [0.2, 0.25) is 0 Å². The van der Waals surface area contributed by atoms with Crippen LogP contribution in [-0.2, 0) is 0 Å². The van der Waals surface area contributed by atoms with Gasteiger partial charge in [-0.05, 0) is 235 Å². The summed E-state index contributed by atoms with van der Waals surface area (Å²) in [7, 11) is 0. The van der Waals surface area contributed by atoms with E-state index in [1.54, 1.807) is 0 Å². The van der Waals surface area contributed by atoms with Crippen molar-refractivity contribution >= 4 is 108 Å². The summed E-state index contributed by atoms with van der Waals surface area (Å²) in [5.74, 6) is 0. The van der Waals surface area contributed by atoms with E-state index in [-0.39, 0.29) is 0 Å². The van der Waals surface area contributed by atoms with Gasteiger partial charge in [-0.25, -0.2) is 0 Å². The maximum atomic E-state index is 2.49. The van der Waals surface area contributed by atoms with Gasteiger partial charge < -0.3 is 0 Å². The first-order chi connectivity index (χ1) is 40.7. The van der Waals surface area contributed by atoms with E-state index in [0.29, 0.717) is 0 Å². The van der Waals surface area contributed by atoms with Crippen molar-refractivity contribution < 1.29 is 0 Å². The molecule has 0 fully saturated rings. The molecule has 82 heavy (non-hydrogen) atoms. The molecule has 0 aliphatic carbocycles. The van der Waals surface area contributed by atoms with Gasteiger partial charge in [-0.1, -0.05) is 243 Å². The summed E-state index contributed by atoms with van der Waals surface area (Å²) in [5, 5.41) is 24.6. The number of rotatable bonds is 6.